The number of anilines is 2. The van der Waals surface area contributed by atoms with E-state index in [0.717, 1.165) is 16.9 Å². The maximum atomic E-state index is 11.4. The average Bonchev–Trinajstić information content (AvgIpc) is 3.46. The summed E-state index contributed by atoms with van der Waals surface area (Å²) in [5, 5.41) is 7.68. The monoisotopic (exact) mass is 522 g/mol. The summed E-state index contributed by atoms with van der Waals surface area (Å²) in [7, 11) is 0. The maximum Gasteiger partial charge on any atom is 0.221 e. The van der Waals surface area contributed by atoms with Crippen LogP contribution in [-0.2, 0) is 4.79 Å². The summed E-state index contributed by atoms with van der Waals surface area (Å²) in [6.07, 6.45) is 1.76. The molecule has 2 aromatic carbocycles. The molecule has 1 aliphatic heterocycles. The van der Waals surface area contributed by atoms with Crippen LogP contribution in [0.25, 0.3) is 11.3 Å². The summed E-state index contributed by atoms with van der Waals surface area (Å²) in [4.78, 5) is 18.0. The molecule has 1 amide bonds. The van der Waals surface area contributed by atoms with Gasteiger partial charge in [0.05, 0.1) is 21.8 Å². The number of thiocarbonyl (C=S) groups is 1. The van der Waals surface area contributed by atoms with Crippen molar-refractivity contribution in [1.82, 2.24) is 10.3 Å². The topological polar surface area (TPSA) is 70.4 Å². The van der Waals surface area contributed by atoms with Gasteiger partial charge in [0, 0.05) is 30.1 Å². The molecule has 2 N–H and O–H groups in total. The lowest BCUT2D eigenvalue weighted by atomic mass is 10.0. The van der Waals surface area contributed by atoms with Crippen LogP contribution in [0.3, 0.4) is 0 Å². The molecule has 35 heavy (non-hydrogen) atoms. The standard InChI is InChI=1S/C26H20Cl2N4O2S/c1-15(33)30-17-6-8-18(9-7-17)32-25(24(31-26(32)35)21-4-2-3-13-29-21)23-12-11-22(34-23)16-5-10-19(27)20(28)14-16/h2-14,24-25H,1H3,(H,30,33)(H,31,35)/t24-,25-/m0/s1. The lowest BCUT2D eigenvalue weighted by Crippen LogP contribution is -2.29. The Balaban J connectivity index is 1.55. The Kier molecular flexibility index (Phi) is 6.47. The molecule has 1 saturated heterocycles. The number of pyridine rings is 1. The van der Waals surface area contributed by atoms with Crippen molar-refractivity contribution in [1.29, 1.82) is 0 Å². The molecule has 5 rings (SSSR count). The van der Waals surface area contributed by atoms with Crippen molar-refractivity contribution in [3.8, 4) is 11.3 Å². The first-order valence-corrected chi connectivity index (χ1v) is 12.0. The lowest BCUT2D eigenvalue weighted by Gasteiger charge is -2.26. The summed E-state index contributed by atoms with van der Waals surface area (Å²) in [6, 6.07) is 22.0. The predicted octanol–water partition coefficient (Wildman–Crippen LogP) is 6.78. The van der Waals surface area contributed by atoms with E-state index in [1.807, 2.05) is 65.6 Å². The molecule has 0 bridgehead atoms. The number of rotatable bonds is 5. The van der Waals surface area contributed by atoms with Crippen LogP contribution in [-0.4, -0.2) is 16.0 Å². The highest BCUT2D eigenvalue weighted by Gasteiger charge is 2.42. The predicted molar refractivity (Wildman–Crippen MR) is 143 cm³/mol. The number of carbonyl (C=O) groups excluding carboxylic acids is 1. The molecule has 1 aliphatic rings. The van der Waals surface area contributed by atoms with E-state index >= 15 is 0 Å². The Morgan fingerprint density at radius 3 is 2.54 bits per heavy atom. The second-order valence-electron chi connectivity index (χ2n) is 8.06. The van der Waals surface area contributed by atoms with Crippen LogP contribution in [0.2, 0.25) is 10.0 Å². The Labute approximate surface area is 217 Å². The van der Waals surface area contributed by atoms with E-state index in [9.17, 15) is 4.79 Å². The van der Waals surface area contributed by atoms with Gasteiger partial charge in [-0.25, -0.2) is 0 Å². The summed E-state index contributed by atoms with van der Waals surface area (Å²) in [5.74, 6) is 1.24. The van der Waals surface area contributed by atoms with E-state index in [1.54, 1.807) is 18.3 Å². The number of carbonyl (C=O) groups is 1. The van der Waals surface area contributed by atoms with Crippen molar-refractivity contribution in [3.63, 3.8) is 0 Å². The van der Waals surface area contributed by atoms with Crippen molar-refractivity contribution in [2.75, 3.05) is 10.2 Å². The smallest absolute Gasteiger partial charge is 0.221 e. The van der Waals surface area contributed by atoms with Crippen LogP contribution in [0.1, 0.15) is 30.5 Å². The molecule has 2 aromatic heterocycles. The molecule has 0 radical (unpaired) electrons. The first-order chi connectivity index (χ1) is 16.9. The highest BCUT2D eigenvalue weighted by molar-refractivity contribution is 7.80. The molecule has 6 nitrogen and oxygen atoms in total. The zero-order valence-corrected chi connectivity index (χ0v) is 20.9. The van der Waals surface area contributed by atoms with E-state index in [1.165, 1.54) is 6.92 Å². The number of hydrogen-bond donors (Lipinski definition) is 2. The quantitative estimate of drug-likeness (QED) is 0.281. The molecule has 0 spiro atoms. The van der Waals surface area contributed by atoms with E-state index in [-0.39, 0.29) is 18.0 Å². The van der Waals surface area contributed by atoms with Crippen LogP contribution >= 0.6 is 35.4 Å². The number of aromatic nitrogens is 1. The fourth-order valence-electron chi connectivity index (χ4n) is 4.15. The van der Waals surface area contributed by atoms with Gasteiger partial charge in [-0.05, 0) is 78.9 Å². The summed E-state index contributed by atoms with van der Waals surface area (Å²) in [5.41, 5.74) is 3.22. The molecule has 176 valence electrons. The van der Waals surface area contributed by atoms with E-state index in [4.69, 9.17) is 39.8 Å². The number of furan rings is 1. The third kappa shape index (κ3) is 4.75. The summed E-state index contributed by atoms with van der Waals surface area (Å²) >= 11 is 18.1. The van der Waals surface area contributed by atoms with Gasteiger partial charge in [0.1, 0.15) is 17.6 Å². The van der Waals surface area contributed by atoms with Crippen molar-refractivity contribution in [3.05, 3.63) is 100 Å². The van der Waals surface area contributed by atoms with Crippen LogP contribution < -0.4 is 15.5 Å². The molecule has 9 heteroatoms. The Bertz CT molecular complexity index is 1390. The Hall–Kier alpha value is -3.39. The number of amides is 1. The number of benzene rings is 2. The van der Waals surface area contributed by atoms with Gasteiger partial charge in [0.15, 0.2) is 5.11 Å². The second kappa shape index (κ2) is 9.70. The molecular formula is C26H20Cl2N4O2S. The Morgan fingerprint density at radius 1 is 1.06 bits per heavy atom. The minimum absolute atomic E-state index is 0.130. The first kappa shape index (κ1) is 23.4. The molecule has 0 aliphatic carbocycles. The molecule has 3 heterocycles. The van der Waals surface area contributed by atoms with Crippen LogP contribution in [0.15, 0.2) is 83.4 Å². The summed E-state index contributed by atoms with van der Waals surface area (Å²) < 4.78 is 6.35. The van der Waals surface area contributed by atoms with Gasteiger partial charge in [-0.1, -0.05) is 29.3 Å². The van der Waals surface area contributed by atoms with Gasteiger partial charge >= 0.3 is 0 Å². The number of hydrogen-bond acceptors (Lipinski definition) is 4. The normalized spacial score (nSPS) is 17.3. The summed E-state index contributed by atoms with van der Waals surface area (Å²) in [6.45, 7) is 1.48. The number of nitrogens with zero attached hydrogens (tertiary/aromatic N) is 2. The van der Waals surface area contributed by atoms with Crippen molar-refractivity contribution < 1.29 is 9.21 Å². The van der Waals surface area contributed by atoms with E-state index < -0.39 is 0 Å². The zero-order valence-electron chi connectivity index (χ0n) is 18.5. The highest BCUT2D eigenvalue weighted by Crippen LogP contribution is 2.43. The minimum Gasteiger partial charge on any atom is -0.459 e. The van der Waals surface area contributed by atoms with Gasteiger partial charge in [0.25, 0.3) is 0 Å². The third-order valence-corrected chi connectivity index (χ3v) is 6.74. The van der Waals surface area contributed by atoms with Gasteiger partial charge in [-0.15, -0.1) is 0 Å². The van der Waals surface area contributed by atoms with E-state index in [2.05, 4.69) is 15.6 Å². The molecular weight excluding hydrogens is 503 g/mol. The molecule has 1 fully saturated rings. The second-order valence-corrected chi connectivity index (χ2v) is 9.26. The van der Waals surface area contributed by atoms with E-state index in [0.29, 0.717) is 32.4 Å². The van der Waals surface area contributed by atoms with Gasteiger partial charge in [-0.2, -0.15) is 0 Å². The van der Waals surface area contributed by atoms with Gasteiger partial charge < -0.3 is 20.0 Å². The number of halogens is 2. The highest BCUT2D eigenvalue weighted by atomic mass is 35.5. The maximum absolute atomic E-state index is 11.4. The van der Waals surface area contributed by atoms with Gasteiger partial charge in [-0.3, -0.25) is 9.78 Å². The van der Waals surface area contributed by atoms with Crippen LogP contribution in [0, 0.1) is 0 Å². The number of nitrogens with one attached hydrogen (secondary N) is 2. The van der Waals surface area contributed by atoms with Crippen molar-refractivity contribution in [2.45, 2.75) is 19.0 Å². The fraction of sp³-hybridized carbons (Fsp3) is 0.115. The van der Waals surface area contributed by atoms with Crippen molar-refractivity contribution >= 4 is 57.8 Å². The zero-order chi connectivity index (χ0) is 24.5. The van der Waals surface area contributed by atoms with Crippen LogP contribution in [0.4, 0.5) is 11.4 Å². The lowest BCUT2D eigenvalue weighted by molar-refractivity contribution is -0.114. The SMILES string of the molecule is CC(=O)Nc1ccc(N2C(=S)N[C@@H](c3ccccn3)[C@@H]2c2ccc(-c3ccc(Cl)c(Cl)c3)o2)cc1. The van der Waals surface area contributed by atoms with Crippen LogP contribution in [0.5, 0.6) is 0 Å². The first-order valence-electron chi connectivity index (χ1n) is 10.8. The third-order valence-electron chi connectivity index (χ3n) is 5.69. The molecule has 4 aromatic rings. The average molecular weight is 523 g/mol. The van der Waals surface area contributed by atoms with Crippen molar-refractivity contribution in [2.24, 2.45) is 0 Å². The molecule has 0 unspecified atom stereocenters. The molecule has 2 atom stereocenters. The molecule has 0 saturated carbocycles. The fourth-order valence-corrected chi connectivity index (χ4v) is 4.79. The van der Waals surface area contributed by atoms with Gasteiger partial charge in [0.2, 0.25) is 5.91 Å². The Morgan fingerprint density at radius 2 is 1.86 bits per heavy atom. The largest absolute Gasteiger partial charge is 0.459 e. The minimum atomic E-state index is -0.305.